The van der Waals surface area contributed by atoms with E-state index in [-0.39, 0.29) is 23.0 Å². The zero-order chi connectivity index (χ0) is 23.9. The van der Waals surface area contributed by atoms with Crippen LogP contribution in [-0.4, -0.2) is 54.7 Å². The summed E-state index contributed by atoms with van der Waals surface area (Å²) < 4.78 is 23.2. The molecule has 0 aliphatic carbocycles. The van der Waals surface area contributed by atoms with Gasteiger partial charge in [-0.1, -0.05) is 32.6 Å². The normalized spacial score (nSPS) is 22.9. The molecule has 2 saturated heterocycles. The molecular weight excluding hydrogens is 410 g/mol. The number of rotatable bonds is 11. The van der Waals surface area contributed by atoms with Crippen molar-refractivity contribution in [2.24, 2.45) is 0 Å². The lowest BCUT2D eigenvalue weighted by atomic mass is 9.78. The third-order valence-corrected chi connectivity index (χ3v) is 6.51. The smallest absolute Gasteiger partial charge is 0.306 e. The highest BCUT2D eigenvalue weighted by Crippen LogP contribution is 2.43. The lowest BCUT2D eigenvalue weighted by Gasteiger charge is -2.55. The minimum Gasteiger partial charge on any atom is -0.469 e. The van der Waals surface area contributed by atoms with Gasteiger partial charge in [0.05, 0.1) is 20.3 Å². The molecule has 2 fully saturated rings. The standard InChI is InChI=1S/C25H45NO6/c1-7-24(32-21(28)15-13-11-9-8-10-12-14-20(27)29-6)18-30-25(31-19-24)16-22(2,3)26-23(4,5)17-25/h26H,7-19H2,1-6H3. The second-order valence-electron chi connectivity index (χ2n) is 10.9. The van der Waals surface area contributed by atoms with Crippen LogP contribution in [0.1, 0.15) is 105 Å². The summed E-state index contributed by atoms with van der Waals surface area (Å²) in [6.45, 7) is 11.4. The second-order valence-corrected chi connectivity index (χ2v) is 10.9. The molecule has 0 aromatic carbocycles. The van der Waals surface area contributed by atoms with Crippen molar-refractivity contribution in [3.8, 4) is 0 Å². The van der Waals surface area contributed by atoms with Crippen LogP contribution < -0.4 is 5.32 Å². The van der Waals surface area contributed by atoms with Crippen molar-refractivity contribution in [2.45, 2.75) is 128 Å². The lowest BCUT2D eigenvalue weighted by Crippen LogP contribution is -2.68. The van der Waals surface area contributed by atoms with E-state index < -0.39 is 11.4 Å². The van der Waals surface area contributed by atoms with Crippen LogP contribution >= 0.6 is 0 Å². The van der Waals surface area contributed by atoms with Crippen molar-refractivity contribution in [3.63, 3.8) is 0 Å². The van der Waals surface area contributed by atoms with Crippen molar-refractivity contribution in [2.75, 3.05) is 20.3 Å². The number of carbonyl (C=O) groups is 2. The van der Waals surface area contributed by atoms with Gasteiger partial charge in [-0.05, 0) is 47.0 Å². The number of hydrogen-bond donors (Lipinski definition) is 1. The van der Waals surface area contributed by atoms with Gasteiger partial charge in [0.1, 0.15) is 0 Å². The van der Waals surface area contributed by atoms with Gasteiger partial charge < -0.3 is 24.3 Å². The van der Waals surface area contributed by atoms with Crippen LogP contribution in [0.2, 0.25) is 0 Å². The molecule has 0 aromatic rings. The Labute approximate surface area is 194 Å². The van der Waals surface area contributed by atoms with Crippen LogP contribution in [0.25, 0.3) is 0 Å². The molecule has 0 unspecified atom stereocenters. The Balaban J connectivity index is 1.71. The van der Waals surface area contributed by atoms with Crippen LogP contribution in [0.4, 0.5) is 0 Å². The number of piperidine rings is 1. The molecule has 1 spiro atoms. The summed E-state index contributed by atoms with van der Waals surface area (Å²) in [5.74, 6) is -0.949. The van der Waals surface area contributed by atoms with Gasteiger partial charge in [-0.2, -0.15) is 0 Å². The number of carbonyl (C=O) groups excluding carboxylic acids is 2. The second kappa shape index (κ2) is 11.3. The quantitative estimate of drug-likeness (QED) is 0.358. The summed E-state index contributed by atoms with van der Waals surface area (Å²) in [5, 5.41) is 3.66. The molecule has 2 aliphatic heterocycles. The van der Waals surface area contributed by atoms with E-state index in [1.165, 1.54) is 7.11 Å². The van der Waals surface area contributed by atoms with E-state index >= 15 is 0 Å². The van der Waals surface area contributed by atoms with Gasteiger partial charge in [0, 0.05) is 36.8 Å². The zero-order valence-electron chi connectivity index (χ0n) is 21.1. The van der Waals surface area contributed by atoms with Gasteiger partial charge in [-0.25, -0.2) is 0 Å². The van der Waals surface area contributed by atoms with Gasteiger partial charge in [-0.15, -0.1) is 0 Å². The predicted molar refractivity (Wildman–Crippen MR) is 123 cm³/mol. The molecule has 0 aromatic heterocycles. The zero-order valence-corrected chi connectivity index (χ0v) is 21.1. The molecular formula is C25H45NO6. The predicted octanol–water partition coefficient (Wildman–Crippen LogP) is 4.66. The minimum absolute atomic E-state index is 0.0933. The number of nitrogens with one attached hydrogen (secondary N) is 1. The fraction of sp³-hybridized carbons (Fsp3) is 0.920. The van der Waals surface area contributed by atoms with E-state index in [1.807, 2.05) is 6.92 Å². The number of methoxy groups -OCH3 is 1. The number of hydrogen-bond acceptors (Lipinski definition) is 7. The fourth-order valence-corrected chi connectivity index (χ4v) is 5.20. The van der Waals surface area contributed by atoms with Gasteiger partial charge in [0.15, 0.2) is 11.4 Å². The Bertz CT molecular complexity index is 604. The average molecular weight is 456 g/mol. The lowest BCUT2D eigenvalue weighted by molar-refractivity contribution is -0.341. The highest BCUT2D eigenvalue weighted by Gasteiger charge is 2.54. The van der Waals surface area contributed by atoms with Crippen LogP contribution in [0.5, 0.6) is 0 Å². The molecule has 7 heteroatoms. The number of esters is 2. The minimum atomic E-state index is -0.699. The van der Waals surface area contributed by atoms with Crippen LogP contribution in [0.3, 0.4) is 0 Å². The van der Waals surface area contributed by atoms with Crippen LogP contribution in [0, 0.1) is 0 Å². The monoisotopic (exact) mass is 455 g/mol. The van der Waals surface area contributed by atoms with Crippen LogP contribution in [0.15, 0.2) is 0 Å². The van der Waals surface area contributed by atoms with E-state index in [9.17, 15) is 9.59 Å². The molecule has 2 heterocycles. The van der Waals surface area contributed by atoms with E-state index in [0.29, 0.717) is 32.5 Å². The fourth-order valence-electron chi connectivity index (χ4n) is 5.20. The van der Waals surface area contributed by atoms with E-state index in [2.05, 4.69) is 37.7 Å². The summed E-state index contributed by atoms with van der Waals surface area (Å²) in [4.78, 5) is 23.6. The first-order valence-electron chi connectivity index (χ1n) is 12.3. The highest BCUT2D eigenvalue weighted by atomic mass is 16.7. The van der Waals surface area contributed by atoms with Crippen molar-refractivity contribution in [1.82, 2.24) is 5.32 Å². The summed E-state index contributed by atoms with van der Waals surface area (Å²) in [6, 6.07) is 0. The Morgan fingerprint density at radius 3 is 1.75 bits per heavy atom. The van der Waals surface area contributed by atoms with Gasteiger partial charge >= 0.3 is 11.9 Å². The highest BCUT2D eigenvalue weighted by molar-refractivity contribution is 5.70. The SMILES string of the molecule is CCC1(OC(=O)CCCCCCCCC(=O)OC)COC2(CC(C)(C)NC(C)(C)C2)OC1. The molecule has 32 heavy (non-hydrogen) atoms. The summed E-state index contributed by atoms with van der Waals surface area (Å²) >= 11 is 0. The molecule has 7 nitrogen and oxygen atoms in total. The first kappa shape index (κ1) is 27.1. The third-order valence-electron chi connectivity index (χ3n) is 6.51. The molecule has 186 valence electrons. The maximum Gasteiger partial charge on any atom is 0.306 e. The third kappa shape index (κ3) is 8.31. The average Bonchev–Trinajstić information content (AvgIpc) is 2.69. The largest absolute Gasteiger partial charge is 0.469 e. The van der Waals surface area contributed by atoms with Gasteiger partial charge in [-0.3, -0.25) is 9.59 Å². The maximum absolute atomic E-state index is 12.5. The maximum atomic E-state index is 12.5. The molecule has 0 atom stereocenters. The Morgan fingerprint density at radius 2 is 1.28 bits per heavy atom. The first-order chi connectivity index (χ1) is 14.9. The van der Waals surface area contributed by atoms with Gasteiger partial charge in [0.2, 0.25) is 0 Å². The molecule has 1 N–H and O–H groups in total. The van der Waals surface area contributed by atoms with Crippen molar-refractivity contribution >= 4 is 11.9 Å². The van der Waals surface area contributed by atoms with Crippen LogP contribution in [-0.2, 0) is 28.5 Å². The van der Waals surface area contributed by atoms with Crippen molar-refractivity contribution in [3.05, 3.63) is 0 Å². The summed E-state index contributed by atoms with van der Waals surface area (Å²) in [5.41, 5.74) is -0.886. The summed E-state index contributed by atoms with van der Waals surface area (Å²) in [7, 11) is 1.42. The molecule has 0 radical (unpaired) electrons. The topological polar surface area (TPSA) is 83.1 Å². The molecule has 0 amide bonds. The molecule has 2 aliphatic rings. The van der Waals surface area contributed by atoms with E-state index in [1.54, 1.807) is 0 Å². The van der Waals surface area contributed by atoms with Crippen molar-refractivity contribution in [1.29, 1.82) is 0 Å². The number of unbranched alkanes of at least 4 members (excludes halogenated alkanes) is 5. The molecule has 2 rings (SSSR count). The Hall–Kier alpha value is -1.18. The molecule has 0 bridgehead atoms. The summed E-state index contributed by atoms with van der Waals surface area (Å²) in [6.07, 6.45) is 8.89. The van der Waals surface area contributed by atoms with E-state index in [4.69, 9.17) is 14.2 Å². The van der Waals surface area contributed by atoms with E-state index in [0.717, 1.165) is 51.4 Å². The number of ether oxygens (including phenoxy) is 4. The molecule has 0 saturated carbocycles. The van der Waals surface area contributed by atoms with Crippen molar-refractivity contribution < 1.29 is 28.5 Å². The first-order valence-corrected chi connectivity index (χ1v) is 12.3. The Morgan fingerprint density at radius 1 is 0.812 bits per heavy atom. The Kier molecular flexibility index (Phi) is 9.56. The van der Waals surface area contributed by atoms with Gasteiger partial charge in [0.25, 0.3) is 0 Å².